The van der Waals surface area contributed by atoms with Crippen molar-refractivity contribution < 1.29 is 42.1 Å². The summed E-state index contributed by atoms with van der Waals surface area (Å²) in [7, 11) is 1.45. The second kappa shape index (κ2) is 33.3. The number of allylic oxidation sites excluding steroid dienone is 4. The largest absolute Gasteiger partial charge is 0.472 e. The van der Waals surface area contributed by atoms with E-state index in [1.807, 2.05) is 27.2 Å². The Balaban J connectivity index is 4.46. The molecule has 2 atom stereocenters. The highest BCUT2D eigenvalue weighted by Gasteiger charge is 2.27. The number of likely N-dealkylation sites (N-methyl/N-ethyl adjacent to an activating group) is 1. The molecule has 294 valence electrons. The SMILES string of the molecule is CCCC/C=C/CCCCCCCC(=O)OC[C@H](COP(=O)(O)OCC[N+](C)(C)C)OC(=O)CC/C=C/CCCCCCCCCCCCC. The quantitative estimate of drug-likeness (QED) is 0.0223. The van der Waals surface area contributed by atoms with E-state index in [9.17, 15) is 19.0 Å². The van der Waals surface area contributed by atoms with Gasteiger partial charge in [-0.2, -0.15) is 0 Å². The lowest BCUT2D eigenvalue weighted by Crippen LogP contribution is -2.37. The number of carbonyl (C=O) groups is 2. The molecule has 0 amide bonds. The van der Waals surface area contributed by atoms with E-state index in [4.69, 9.17) is 18.5 Å². The molecule has 50 heavy (non-hydrogen) atoms. The first-order valence-corrected chi connectivity index (χ1v) is 21.6. The molecule has 0 aliphatic carbocycles. The molecule has 0 aromatic carbocycles. The second-order valence-electron chi connectivity index (χ2n) is 14.7. The summed E-state index contributed by atoms with van der Waals surface area (Å²) in [6, 6.07) is 0. The van der Waals surface area contributed by atoms with Crippen molar-refractivity contribution in [3.63, 3.8) is 0 Å². The van der Waals surface area contributed by atoms with Gasteiger partial charge in [-0.25, -0.2) is 4.57 Å². The molecule has 0 aliphatic heterocycles. The molecule has 9 nitrogen and oxygen atoms in total. The van der Waals surface area contributed by atoms with E-state index in [1.165, 1.54) is 77.0 Å². The standard InChI is InChI=1S/C40H76NO8P/c1-6-8-10-12-14-16-18-19-20-21-23-25-27-29-31-33-40(43)49-38(37-48-50(44,45)47-35-34-41(3,4)5)36-46-39(42)32-30-28-26-24-22-17-15-13-11-9-7-2/h13,15,27,29,38H,6-12,14,16-26,28,30-37H2,1-5H3/p+1/b15-13+,29-27+/t38-/m1/s1. The lowest BCUT2D eigenvalue weighted by Gasteiger charge is -2.24. The molecule has 0 aromatic heterocycles. The minimum Gasteiger partial charge on any atom is -0.462 e. The van der Waals surface area contributed by atoms with Crippen LogP contribution in [0, 0.1) is 0 Å². The number of carbonyl (C=O) groups excluding carboxylic acids is 2. The van der Waals surface area contributed by atoms with Crippen LogP contribution >= 0.6 is 7.82 Å². The maximum Gasteiger partial charge on any atom is 0.472 e. The smallest absolute Gasteiger partial charge is 0.462 e. The lowest BCUT2D eigenvalue weighted by molar-refractivity contribution is -0.870. The Kier molecular flexibility index (Phi) is 32.3. The number of esters is 2. The van der Waals surface area contributed by atoms with Gasteiger partial charge in [-0.3, -0.25) is 18.6 Å². The fraction of sp³-hybridized carbons (Fsp3) is 0.850. The van der Waals surface area contributed by atoms with Gasteiger partial charge in [-0.05, 0) is 44.9 Å². The van der Waals surface area contributed by atoms with Crippen molar-refractivity contribution in [1.82, 2.24) is 0 Å². The number of unbranched alkanes of at least 4 members (excludes halogenated alkanes) is 18. The van der Waals surface area contributed by atoms with E-state index in [0.29, 0.717) is 17.4 Å². The summed E-state index contributed by atoms with van der Waals surface area (Å²) < 4.78 is 34.1. The molecule has 0 saturated heterocycles. The summed E-state index contributed by atoms with van der Waals surface area (Å²) in [6.07, 6.45) is 33.8. The Labute approximate surface area is 307 Å². The minimum atomic E-state index is -4.38. The zero-order chi connectivity index (χ0) is 37.2. The zero-order valence-electron chi connectivity index (χ0n) is 32.9. The third kappa shape index (κ3) is 36.3. The van der Waals surface area contributed by atoms with Gasteiger partial charge >= 0.3 is 19.8 Å². The fourth-order valence-corrected chi connectivity index (χ4v) is 5.99. The molecule has 10 heteroatoms. The third-order valence-electron chi connectivity index (χ3n) is 8.47. The van der Waals surface area contributed by atoms with E-state index in [0.717, 1.165) is 57.8 Å². The summed E-state index contributed by atoms with van der Waals surface area (Å²) in [5.74, 6) is -0.866. The number of quaternary nitrogens is 1. The molecule has 0 rings (SSSR count). The molecule has 0 fully saturated rings. The Bertz CT molecular complexity index is 918. The maximum absolute atomic E-state index is 12.6. The highest BCUT2D eigenvalue weighted by Crippen LogP contribution is 2.43. The Hall–Kier alpha value is -1.51. The van der Waals surface area contributed by atoms with Gasteiger partial charge in [0.2, 0.25) is 0 Å². The average Bonchev–Trinajstić information content (AvgIpc) is 3.06. The Morgan fingerprint density at radius 1 is 0.600 bits per heavy atom. The molecule has 0 aliphatic rings. The van der Waals surface area contributed by atoms with Crippen molar-refractivity contribution in [2.75, 3.05) is 47.5 Å². The predicted molar refractivity (Wildman–Crippen MR) is 206 cm³/mol. The highest BCUT2D eigenvalue weighted by molar-refractivity contribution is 7.47. The van der Waals surface area contributed by atoms with Gasteiger partial charge < -0.3 is 18.9 Å². The van der Waals surface area contributed by atoms with E-state index in [2.05, 4.69) is 32.1 Å². The number of hydrogen-bond acceptors (Lipinski definition) is 7. The molecule has 0 spiro atoms. The predicted octanol–water partition coefficient (Wildman–Crippen LogP) is 10.8. The Morgan fingerprint density at radius 3 is 1.62 bits per heavy atom. The van der Waals surface area contributed by atoms with Gasteiger partial charge in [0.25, 0.3) is 0 Å². The van der Waals surface area contributed by atoms with Crippen LogP contribution in [0.3, 0.4) is 0 Å². The number of phosphoric ester groups is 1. The van der Waals surface area contributed by atoms with E-state index < -0.39 is 26.5 Å². The number of nitrogens with zero attached hydrogens (tertiary/aromatic N) is 1. The molecule has 0 aromatic rings. The van der Waals surface area contributed by atoms with Crippen LogP contribution in [0.4, 0.5) is 0 Å². The van der Waals surface area contributed by atoms with Crippen LogP contribution < -0.4 is 0 Å². The van der Waals surface area contributed by atoms with Gasteiger partial charge in [0.15, 0.2) is 6.10 Å². The highest BCUT2D eigenvalue weighted by atomic mass is 31.2. The number of rotatable bonds is 36. The third-order valence-corrected chi connectivity index (χ3v) is 9.45. The summed E-state index contributed by atoms with van der Waals surface area (Å²) in [5.41, 5.74) is 0. The minimum absolute atomic E-state index is 0.0257. The first-order valence-electron chi connectivity index (χ1n) is 20.1. The van der Waals surface area contributed by atoms with Crippen LogP contribution in [0.15, 0.2) is 24.3 Å². The summed E-state index contributed by atoms with van der Waals surface area (Å²) in [5, 5.41) is 0. The van der Waals surface area contributed by atoms with Crippen molar-refractivity contribution in [3.05, 3.63) is 24.3 Å². The molecule has 0 radical (unpaired) electrons. The van der Waals surface area contributed by atoms with Gasteiger partial charge in [0.1, 0.15) is 19.8 Å². The maximum atomic E-state index is 12.6. The molecule has 0 bridgehead atoms. The summed E-state index contributed by atoms with van der Waals surface area (Å²) in [6.45, 7) is 4.32. The molecular weight excluding hydrogens is 653 g/mol. The van der Waals surface area contributed by atoms with Crippen LogP contribution in [-0.4, -0.2) is 74.9 Å². The van der Waals surface area contributed by atoms with E-state index >= 15 is 0 Å². The second-order valence-corrected chi connectivity index (χ2v) is 16.1. The molecule has 0 saturated carbocycles. The van der Waals surface area contributed by atoms with Crippen LogP contribution in [0.25, 0.3) is 0 Å². The van der Waals surface area contributed by atoms with Gasteiger partial charge in [-0.15, -0.1) is 0 Å². The average molecular weight is 731 g/mol. The van der Waals surface area contributed by atoms with Crippen LogP contribution in [0.5, 0.6) is 0 Å². The first kappa shape index (κ1) is 48.5. The molecule has 0 heterocycles. The number of ether oxygens (including phenoxy) is 2. The molecular formula is C40H77NO8P+. The van der Waals surface area contributed by atoms with Crippen molar-refractivity contribution in [2.24, 2.45) is 0 Å². The number of phosphoric acid groups is 1. The summed E-state index contributed by atoms with van der Waals surface area (Å²) in [4.78, 5) is 35.1. The van der Waals surface area contributed by atoms with E-state index in [-0.39, 0.29) is 32.0 Å². The topological polar surface area (TPSA) is 108 Å². The normalized spacial score (nSPS) is 14.0. The van der Waals surface area contributed by atoms with Crippen LogP contribution in [0.1, 0.15) is 168 Å². The van der Waals surface area contributed by atoms with Crippen LogP contribution in [-0.2, 0) is 32.7 Å². The van der Waals surface area contributed by atoms with Crippen LogP contribution in [0.2, 0.25) is 0 Å². The van der Waals surface area contributed by atoms with Crippen molar-refractivity contribution in [1.29, 1.82) is 0 Å². The van der Waals surface area contributed by atoms with Crippen molar-refractivity contribution >= 4 is 19.8 Å². The van der Waals surface area contributed by atoms with Gasteiger partial charge in [0.05, 0.1) is 27.7 Å². The first-order chi connectivity index (χ1) is 24.0. The zero-order valence-corrected chi connectivity index (χ0v) is 33.8. The molecule has 1 unspecified atom stereocenters. The Morgan fingerprint density at radius 2 is 1.08 bits per heavy atom. The fourth-order valence-electron chi connectivity index (χ4n) is 5.25. The van der Waals surface area contributed by atoms with Crippen molar-refractivity contribution in [3.8, 4) is 0 Å². The van der Waals surface area contributed by atoms with Gasteiger partial charge in [-0.1, -0.05) is 134 Å². The van der Waals surface area contributed by atoms with Crippen molar-refractivity contribution in [2.45, 2.75) is 174 Å². The van der Waals surface area contributed by atoms with Gasteiger partial charge in [0, 0.05) is 12.8 Å². The number of hydrogen-bond donors (Lipinski definition) is 1. The summed E-state index contributed by atoms with van der Waals surface area (Å²) >= 11 is 0. The lowest BCUT2D eigenvalue weighted by atomic mass is 10.1. The van der Waals surface area contributed by atoms with E-state index in [1.54, 1.807) is 0 Å². The molecule has 1 N–H and O–H groups in total. The monoisotopic (exact) mass is 731 g/mol.